The van der Waals surface area contributed by atoms with E-state index in [0.29, 0.717) is 23.6 Å². The minimum atomic E-state index is -4.11. The summed E-state index contributed by atoms with van der Waals surface area (Å²) in [6.45, 7) is 0.0493. The maximum absolute atomic E-state index is 11.9. The maximum Gasteiger partial charge on any atom is 0.389 e. The number of unbranched alkanes of at least 4 members (excludes halogenated alkanes) is 1. The molecule has 8 heteroatoms. The Kier molecular flexibility index (Phi) is 4.48. The zero-order valence-electron chi connectivity index (χ0n) is 8.42. The van der Waals surface area contributed by atoms with Crippen molar-refractivity contribution < 1.29 is 18.3 Å². The molecule has 0 saturated heterocycles. The summed E-state index contributed by atoms with van der Waals surface area (Å²) >= 11 is 4.87. The molecule has 0 amide bonds. The van der Waals surface area contributed by atoms with E-state index in [-0.39, 0.29) is 13.0 Å². The lowest BCUT2D eigenvalue weighted by molar-refractivity contribution is -0.135. The summed E-state index contributed by atoms with van der Waals surface area (Å²) in [4.78, 5) is 0. The fourth-order valence-electron chi connectivity index (χ4n) is 1.30. The number of hydrogen-bond donors (Lipinski definition) is 2. The molecule has 4 nitrogen and oxygen atoms in total. The summed E-state index contributed by atoms with van der Waals surface area (Å²) in [5.41, 5.74) is 0. The summed E-state index contributed by atoms with van der Waals surface area (Å²) < 4.78 is 37.4. The SMILES string of the molecule is OCc1n[nH]c(=S)n1CCCCC(F)(F)F. The first-order valence-corrected chi connectivity index (χ1v) is 5.16. The number of rotatable bonds is 5. The Bertz CT molecular complexity index is 385. The second-order valence-electron chi connectivity index (χ2n) is 3.33. The molecule has 0 bridgehead atoms. The van der Waals surface area contributed by atoms with E-state index in [1.54, 1.807) is 0 Å². The summed E-state index contributed by atoms with van der Waals surface area (Å²) in [7, 11) is 0. The molecule has 0 unspecified atom stereocenters. The Balaban J connectivity index is 2.43. The summed E-state index contributed by atoms with van der Waals surface area (Å²) in [6.07, 6.45) is -4.52. The highest BCUT2D eigenvalue weighted by Crippen LogP contribution is 2.22. The van der Waals surface area contributed by atoms with Crippen LogP contribution in [0, 0.1) is 4.77 Å². The number of nitrogens with one attached hydrogen (secondary N) is 1. The third-order valence-electron chi connectivity index (χ3n) is 2.07. The molecule has 1 aromatic rings. The Morgan fingerprint density at radius 1 is 1.38 bits per heavy atom. The fraction of sp³-hybridized carbons (Fsp3) is 0.750. The van der Waals surface area contributed by atoms with E-state index in [4.69, 9.17) is 17.3 Å². The quantitative estimate of drug-likeness (QED) is 0.626. The summed E-state index contributed by atoms with van der Waals surface area (Å²) in [5.74, 6) is 0.344. The molecular formula is C8H12F3N3OS. The number of halogens is 3. The van der Waals surface area contributed by atoms with Crippen molar-refractivity contribution in [3.05, 3.63) is 10.6 Å². The maximum atomic E-state index is 11.9. The number of aromatic nitrogens is 3. The highest BCUT2D eigenvalue weighted by molar-refractivity contribution is 7.71. The van der Waals surface area contributed by atoms with E-state index in [1.807, 2.05) is 0 Å². The van der Waals surface area contributed by atoms with Gasteiger partial charge in [-0.15, -0.1) is 0 Å². The Morgan fingerprint density at radius 2 is 2.06 bits per heavy atom. The molecule has 16 heavy (non-hydrogen) atoms. The number of H-pyrrole nitrogens is 1. The number of aliphatic hydroxyl groups is 1. The van der Waals surface area contributed by atoms with Crippen molar-refractivity contribution >= 4 is 12.2 Å². The molecule has 2 N–H and O–H groups in total. The van der Waals surface area contributed by atoms with Crippen LogP contribution in [0.3, 0.4) is 0 Å². The van der Waals surface area contributed by atoms with Crippen LogP contribution in [0.15, 0.2) is 0 Å². The van der Waals surface area contributed by atoms with Crippen LogP contribution in [-0.2, 0) is 13.2 Å². The molecule has 0 aliphatic rings. The van der Waals surface area contributed by atoms with E-state index in [9.17, 15) is 13.2 Å². The van der Waals surface area contributed by atoms with Gasteiger partial charge in [-0.1, -0.05) is 0 Å². The first-order valence-electron chi connectivity index (χ1n) is 4.76. The molecule has 0 atom stereocenters. The smallest absolute Gasteiger partial charge is 0.388 e. The largest absolute Gasteiger partial charge is 0.389 e. The van der Waals surface area contributed by atoms with Gasteiger partial charge in [-0.2, -0.15) is 18.3 Å². The molecule has 0 fully saturated rings. The van der Waals surface area contributed by atoms with E-state index in [0.717, 1.165) is 0 Å². The number of hydrogen-bond acceptors (Lipinski definition) is 3. The van der Waals surface area contributed by atoms with Gasteiger partial charge >= 0.3 is 6.18 Å². The van der Waals surface area contributed by atoms with Crippen molar-refractivity contribution in [1.82, 2.24) is 14.8 Å². The molecule has 1 aromatic heterocycles. The highest BCUT2D eigenvalue weighted by Gasteiger charge is 2.25. The molecule has 0 aliphatic carbocycles. The van der Waals surface area contributed by atoms with Gasteiger partial charge in [-0.25, -0.2) is 0 Å². The van der Waals surface area contributed by atoms with Crippen molar-refractivity contribution in [2.24, 2.45) is 0 Å². The molecule has 0 spiro atoms. The van der Waals surface area contributed by atoms with Gasteiger partial charge < -0.3 is 9.67 Å². The number of aromatic amines is 1. The predicted octanol–water partition coefficient (Wildman–Crippen LogP) is 2.17. The monoisotopic (exact) mass is 255 g/mol. The Morgan fingerprint density at radius 3 is 2.62 bits per heavy atom. The number of nitrogens with zero attached hydrogens (tertiary/aromatic N) is 2. The van der Waals surface area contributed by atoms with Gasteiger partial charge in [0.2, 0.25) is 0 Å². The lowest BCUT2D eigenvalue weighted by Gasteiger charge is -2.07. The van der Waals surface area contributed by atoms with Gasteiger partial charge in [0.1, 0.15) is 6.61 Å². The molecule has 92 valence electrons. The van der Waals surface area contributed by atoms with Crippen molar-refractivity contribution in [2.75, 3.05) is 0 Å². The van der Waals surface area contributed by atoms with Crippen LogP contribution in [0.25, 0.3) is 0 Å². The minimum Gasteiger partial charge on any atom is -0.388 e. The average molecular weight is 255 g/mol. The average Bonchev–Trinajstić information content (AvgIpc) is 2.53. The van der Waals surface area contributed by atoms with Crippen LogP contribution in [0.2, 0.25) is 0 Å². The van der Waals surface area contributed by atoms with Crippen molar-refractivity contribution in [1.29, 1.82) is 0 Å². The summed E-state index contributed by atoms with van der Waals surface area (Å²) in [6, 6.07) is 0. The molecule has 1 rings (SSSR count). The highest BCUT2D eigenvalue weighted by atomic mass is 32.1. The van der Waals surface area contributed by atoms with Crippen molar-refractivity contribution in [3.63, 3.8) is 0 Å². The summed E-state index contributed by atoms with van der Waals surface area (Å²) in [5, 5.41) is 15.1. The molecular weight excluding hydrogens is 243 g/mol. The van der Waals surface area contributed by atoms with Crippen LogP contribution in [0.5, 0.6) is 0 Å². The Labute approximate surface area is 95.1 Å². The lowest BCUT2D eigenvalue weighted by Crippen LogP contribution is -2.09. The van der Waals surface area contributed by atoms with Crippen LogP contribution in [0.1, 0.15) is 25.1 Å². The van der Waals surface area contributed by atoms with Crippen molar-refractivity contribution in [2.45, 2.75) is 38.6 Å². The Hall–Kier alpha value is -0.890. The minimum absolute atomic E-state index is 0.0430. The first kappa shape index (κ1) is 13.2. The predicted molar refractivity (Wildman–Crippen MR) is 53.2 cm³/mol. The van der Waals surface area contributed by atoms with Crippen LogP contribution in [0.4, 0.5) is 13.2 Å². The topological polar surface area (TPSA) is 53.8 Å². The van der Waals surface area contributed by atoms with E-state index in [2.05, 4.69) is 10.2 Å². The van der Waals surface area contributed by atoms with Gasteiger partial charge in [-0.05, 0) is 25.1 Å². The third kappa shape index (κ3) is 3.93. The van der Waals surface area contributed by atoms with Crippen LogP contribution < -0.4 is 0 Å². The van der Waals surface area contributed by atoms with Gasteiger partial charge in [-0.3, -0.25) is 5.10 Å². The molecule has 0 saturated carbocycles. The zero-order valence-corrected chi connectivity index (χ0v) is 9.24. The second kappa shape index (κ2) is 5.44. The number of alkyl halides is 3. The van der Waals surface area contributed by atoms with E-state index in [1.165, 1.54) is 4.57 Å². The normalized spacial score (nSPS) is 12.0. The van der Waals surface area contributed by atoms with Gasteiger partial charge in [0.15, 0.2) is 10.6 Å². The van der Waals surface area contributed by atoms with Crippen LogP contribution in [-0.4, -0.2) is 26.0 Å². The lowest BCUT2D eigenvalue weighted by atomic mass is 10.2. The van der Waals surface area contributed by atoms with E-state index < -0.39 is 12.6 Å². The van der Waals surface area contributed by atoms with Crippen molar-refractivity contribution in [3.8, 4) is 0 Å². The second-order valence-corrected chi connectivity index (χ2v) is 3.71. The number of aliphatic hydroxyl groups excluding tert-OH is 1. The van der Waals surface area contributed by atoms with Crippen LogP contribution >= 0.6 is 12.2 Å². The molecule has 0 radical (unpaired) electrons. The molecule has 0 aromatic carbocycles. The van der Waals surface area contributed by atoms with Gasteiger partial charge in [0.25, 0.3) is 0 Å². The van der Waals surface area contributed by atoms with Gasteiger partial charge in [0.05, 0.1) is 0 Å². The standard InChI is InChI=1S/C8H12F3N3OS/c9-8(10,11)3-1-2-4-14-6(5-15)12-13-7(14)16/h15H,1-5H2,(H,13,16). The third-order valence-corrected chi connectivity index (χ3v) is 2.38. The molecule has 0 aliphatic heterocycles. The van der Waals surface area contributed by atoms with E-state index >= 15 is 0 Å². The first-order chi connectivity index (χ1) is 7.44. The van der Waals surface area contributed by atoms with Gasteiger partial charge in [0, 0.05) is 13.0 Å². The molecule has 1 heterocycles. The fourth-order valence-corrected chi connectivity index (χ4v) is 1.54. The zero-order chi connectivity index (χ0) is 12.2.